The van der Waals surface area contributed by atoms with Gasteiger partial charge in [0, 0.05) is 12.1 Å². The third kappa shape index (κ3) is 2.86. The number of ether oxygens (including phenoxy) is 1. The molecule has 0 bridgehead atoms. The lowest BCUT2D eigenvalue weighted by molar-refractivity contribution is -0.143. The summed E-state index contributed by atoms with van der Waals surface area (Å²) in [6.45, 7) is 6.33. The molecule has 0 aromatic carbocycles. The first-order valence-corrected chi connectivity index (χ1v) is 7.19. The van der Waals surface area contributed by atoms with E-state index < -0.39 is 5.97 Å². The van der Waals surface area contributed by atoms with Crippen molar-refractivity contribution in [2.45, 2.75) is 51.6 Å². The molecule has 1 aliphatic heterocycles. The van der Waals surface area contributed by atoms with Crippen LogP contribution in [-0.2, 0) is 9.53 Å². The number of carboxylic acid groups (broad SMARTS) is 1. The fraction of sp³-hybridized carbons (Fsp3) is 0.929. The normalized spacial score (nSPS) is 37.1. The molecule has 1 saturated heterocycles. The summed E-state index contributed by atoms with van der Waals surface area (Å²) in [5.74, 6) is -0.223. The van der Waals surface area contributed by atoms with Crippen LogP contribution in [0.2, 0.25) is 0 Å². The smallest absolute Gasteiger partial charge is 0.310 e. The maximum Gasteiger partial charge on any atom is 0.310 e. The van der Waals surface area contributed by atoms with E-state index >= 15 is 0 Å². The Hall–Kier alpha value is -0.610. The number of hydrogen-bond donors (Lipinski definition) is 1. The van der Waals surface area contributed by atoms with E-state index in [-0.39, 0.29) is 12.0 Å². The van der Waals surface area contributed by atoms with E-state index in [0.29, 0.717) is 19.3 Å². The molecule has 2 fully saturated rings. The zero-order valence-corrected chi connectivity index (χ0v) is 11.5. The SMILES string of the molecule is CCN(C1CCC(C)CC1)C1COCC1C(=O)O. The van der Waals surface area contributed by atoms with Crippen LogP contribution in [0.5, 0.6) is 0 Å². The van der Waals surface area contributed by atoms with Crippen molar-refractivity contribution in [1.82, 2.24) is 4.90 Å². The van der Waals surface area contributed by atoms with Gasteiger partial charge < -0.3 is 9.84 Å². The number of nitrogens with zero attached hydrogens (tertiary/aromatic N) is 1. The lowest BCUT2D eigenvalue weighted by atomic mass is 9.85. The molecule has 104 valence electrons. The Kier molecular flexibility index (Phi) is 4.62. The predicted octanol–water partition coefficient (Wildman–Crippen LogP) is 1.99. The van der Waals surface area contributed by atoms with Crippen LogP contribution in [0.25, 0.3) is 0 Å². The number of hydrogen-bond acceptors (Lipinski definition) is 3. The molecule has 4 heteroatoms. The maximum absolute atomic E-state index is 11.3. The van der Waals surface area contributed by atoms with Crippen molar-refractivity contribution in [3.8, 4) is 0 Å². The molecule has 18 heavy (non-hydrogen) atoms. The Morgan fingerprint density at radius 1 is 1.28 bits per heavy atom. The zero-order chi connectivity index (χ0) is 13.1. The lowest BCUT2D eigenvalue weighted by Crippen LogP contribution is -2.49. The summed E-state index contributed by atoms with van der Waals surface area (Å²) in [5.41, 5.74) is 0. The molecular formula is C14H25NO3. The molecule has 1 saturated carbocycles. The standard InChI is InChI=1S/C14H25NO3/c1-3-15(11-6-4-10(2)5-7-11)13-9-18-8-12(13)14(16)17/h10-13H,3-9H2,1-2H3,(H,16,17). The molecule has 1 N–H and O–H groups in total. The summed E-state index contributed by atoms with van der Waals surface area (Å²) in [6, 6.07) is 0.630. The lowest BCUT2D eigenvalue weighted by Gasteiger charge is -2.39. The molecule has 0 aromatic heterocycles. The highest BCUT2D eigenvalue weighted by molar-refractivity contribution is 5.71. The first-order chi connectivity index (χ1) is 8.63. The Balaban J connectivity index is 2.01. The minimum absolute atomic E-state index is 0.0749. The quantitative estimate of drug-likeness (QED) is 0.834. The number of carbonyl (C=O) groups is 1. The number of likely N-dealkylation sites (N-methyl/N-ethyl adjacent to an activating group) is 1. The summed E-state index contributed by atoms with van der Waals surface area (Å²) < 4.78 is 5.40. The van der Waals surface area contributed by atoms with Crippen LogP contribution in [0.15, 0.2) is 0 Å². The summed E-state index contributed by atoms with van der Waals surface area (Å²) in [4.78, 5) is 13.6. The zero-order valence-electron chi connectivity index (χ0n) is 11.5. The molecule has 2 atom stereocenters. The molecule has 2 unspecified atom stereocenters. The summed E-state index contributed by atoms with van der Waals surface area (Å²) in [6.07, 6.45) is 4.95. The van der Waals surface area contributed by atoms with Gasteiger partial charge in [-0.15, -0.1) is 0 Å². The third-order valence-corrected chi connectivity index (χ3v) is 4.61. The molecule has 1 aliphatic carbocycles. The molecule has 0 amide bonds. The maximum atomic E-state index is 11.3. The Morgan fingerprint density at radius 3 is 2.50 bits per heavy atom. The highest BCUT2D eigenvalue weighted by Crippen LogP contribution is 2.31. The minimum Gasteiger partial charge on any atom is -0.481 e. The topological polar surface area (TPSA) is 49.8 Å². The fourth-order valence-corrected chi connectivity index (χ4v) is 3.44. The number of aliphatic carboxylic acids is 1. The number of carboxylic acids is 1. The predicted molar refractivity (Wildman–Crippen MR) is 69.5 cm³/mol. The van der Waals surface area contributed by atoms with Crippen molar-refractivity contribution in [3.05, 3.63) is 0 Å². The average molecular weight is 255 g/mol. The van der Waals surface area contributed by atoms with E-state index in [4.69, 9.17) is 4.74 Å². The first kappa shape index (κ1) is 13.8. The van der Waals surface area contributed by atoms with Gasteiger partial charge in [-0.1, -0.05) is 13.8 Å². The monoisotopic (exact) mass is 255 g/mol. The largest absolute Gasteiger partial charge is 0.481 e. The van der Waals surface area contributed by atoms with E-state index in [9.17, 15) is 9.90 Å². The van der Waals surface area contributed by atoms with Crippen molar-refractivity contribution in [3.63, 3.8) is 0 Å². The molecule has 2 rings (SSSR count). The van der Waals surface area contributed by atoms with Crippen LogP contribution in [-0.4, -0.2) is 47.8 Å². The Labute approximate surface area is 109 Å². The molecule has 0 radical (unpaired) electrons. The van der Waals surface area contributed by atoms with Crippen LogP contribution >= 0.6 is 0 Å². The van der Waals surface area contributed by atoms with Crippen LogP contribution in [0.4, 0.5) is 0 Å². The van der Waals surface area contributed by atoms with Gasteiger partial charge in [-0.2, -0.15) is 0 Å². The molecular weight excluding hydrogens is 230 g/mol. The summed E-state index contributed by atoms with van der Waals surface area (Å²) >= 11 is 0. The van der Waals surface area contributed by atoms with Gasteiger partial charge in [0.05, 0.1) is 19.1 Å². The van der Waals surface area contributed by atoms with Crippen LogP contribution in [0, 0.1) is 11.8 Å². The van der Waals surface area contributed by atoms with Crippen molar-refractivity contribution in [2.24, 2.45) is 11.8 Å². The molecule has 0 aromatic rings. The van der Waals surface area contributed by atoms with Crippen molar-refractivity contribution < 1.29 is 14.6 Å². The second kappa shape index (κ2) is 6.02. The first-order valence-electron chi connectivity index (χ1n) is 7.19. The minimum atomic E-state index is -0.708. The fourth-order valence-electron chi connectivity index (χ4n) is 3.44. The van der Waals surface area contributed by atoms with Gasteiger partial charge in [0.15, 0.2) is 0 Å². The average Bonchev–Trinajstić information content (AvgIpc) is 2.82. The van der Waals surface area contributed by atoms with E-state index in [1.54, 1.807) is 0 Å². The van der Waals surface area contributed by atoms with Gasteiger partial charge in [0.1, 0.15) is 0 Å². The van der Waals surface area contributed by atoms with Crippen molar-refractivity contribution in [1.29, 1.82) is 0 Å². The Morgan fingerprint density at radius 2 is 1.94 bits per heavy atom. The van der Waals surface area contributed by atoms with E-state index in [2.05, 4.69) is 18.7 Å². The third-order valence-electron chi connectivity index (χ3n) is 4.61. The van der Waals surface area contributed by atoms with Gasteiger partial charge in [-0.05, 0) is 38.1 Å². The van der Waals surface area contributed by atoms with E-state index in [0.717, 1.165) is 12.5 Å². The van der Waals surface area contributed by atoms with Gasteiger partial charge >= 0.3 is 5.97 Å². The number of rotatable bonds is 4. The van der Waals surface area contributed by atoms with Crippen LogP contribution in [0.3, 0.4) is 0 Å². The molecule has 1 heterocycles. The van der Waals surface area contributed by atoms with Crippen LogP contribution < -0.4 is 0 Å². The Bertz CT molecular complexity index is 287. The summed E-state index contributed by atoms with van der Waals surface area (Å²) in [5, 5.41) is 9.26. The molecule has 4 nitrogen and oxygen atoms in total. The molecule has 0 spiro atoms. The summed E-state index contributed by atoms with van der Waals surface area (Å²) in [7, 11) is 0. The van der Waals surface area contributed by atoms with E-state index in [1.165, 1.54) is 25.7 Å². The highest BCUT2D eigenvalue weighted by atomic mass is 16.5. The molecule has 2 aliphatic rings. The van der Waals surface area contributed by atoms with Crippen LogP contribution in [0.1, 0.15) is 39.5 Å². The second-order valence-electron chi connectivity index (χ2n) is 5.79. The van der Waals surface area contributed by atoms with Gasteiger partial charge in [0.2, 0.25) is 0 Å². The highest BCUT2D eigenvalue weighted by Gasteiger charge is 2.40. The van der Waals surface area contributed by atoms with Crippen molar-refractivity contribution >= 4 is 5.97 Å². The van der Waals surface area contributed by atoms with Crippen molar-refractivity contribution in [2.75, 3.05) is 19.8 Å². The second-order valence-corrected chi connectivity index (χ2v) is 5.79. The van der Waals surface area contributed by atoms with Gasteiger partial charge in [-0.3, -0.25) is 9.69 Å². The van der Waals surface area contributed by atoms with E-state index in [1.807, 2.05) is 0 Å². The van der Waals surface area contributed by atoms with Gasteiger partial charge in [0.25, 0.3) is 0 Å². The van der Waals surface area contributed by atoms with Gasteiger partial charge in [-0.25, -0.2) is 0 Å².